The molecule has 2 aliphatic heterocycles. The van der Waals surface area contributed by atoms with E-state index in [9.17, 15) is 21.2 Å². The molecular weight excluding hydrogens is 521 g/mol. The van der Waals surface area contributed by atoms with Gasteiger partial charge in [0.15, 0.2) is 9.84 Å². The summed E-state index contributed by atoms with van der Waals surface area (Å²) < 4.78 is 69.9. The van der Waals surface area contributed by atoms with E-state index in [-0.39, 0.29) is 29.9 Å². The first-order valence-electron chi connectivity index (χ1n) is 11.5. The van der Waals surface area contributed by atoms with E-state index in [1.165, 1.54) is 29.0 Å². The Hall–Kier alpha value is -3.42. The molecule has 37 heavy (non-hydrogen) atoms. The van der Waals surface area contributed by atoms with Crippen LogP contribution in [-0.2, 0) is 19.9 Å². The summed E-state index contributed by atoms with van der Waals surface area (Å²) in [7, 11) is -6.35. The van der Waals surface area contributed by atoms with Gasteiger partial charge in [-0.1, -0.05) is 6.08 Å². The van der Waals surface area contributed by atoms with Gasteiger partial charge in [-0.15, -0.1) is 0 Å². The van der Waals surface area contributed by atoms with Crippen LogP contribution in [-0.4, -0.2) is 71.7 Å². The van der Waals surface area contributed by atoms with Crippen LogP contribution >= 0.6 is 0 Å². The van der Waals surface area contributed by atoms with Crippen molar-refractivity contribution in [3.8, 4) is 22.5 Å². The minimum Gasteiger partial charge on any atom is -0.438 e. The summed E-state index contributed by atoms with van der Waals surface area (Å²) in [5.41, 5.74) is 3.60. The Morgan fingerprint density at radius 3 is 2.51 bits per heavy atom. The summed E-state index contributed by atoms with van der Waals surface area (Å²) >= 11 is 0. The van der Waals surface area contributed by atoms with E-state index < -0.39 is 19.9 Å². The number of hydrogen-bond donors (Lipinski definition) is 0. The van der Waals surface area contributed by atoms with Gasteiger partial charge in [0, 0.05) is 30.4 Å². The van der Waals surface area contributed by atoms with Crippen molar-refractivity contribution in [3.05, 3.63) is 60.5 Å². The van der Waals surface area contributed by atoms with E-state index in [4.69, 9.17) is 4.42 Å². The van der Waals surface area contributed by atoms with Gasteiger partial charge in [-0.3, -0.25) is 4.68 Å². The van der Waals surface area contributed by atoms with Gasteiger partial charge < -0.3 is 4.42 Å². The maximum Gasteiger partial charge on any atom is 0.230 e. The number of furan rings is 1. The van der Waals surface area contributed by atoms with Crippen LogP contribution in [0.2, 0.25) is 0 Å². The van der Waals surface area contributed by atoms with E-state index >= 15 is 0 Å². The van der Waals surface area contributed by atoms with E-state index in [0.717, 1.165) is 5.57 Å². The van der Waals surface area contributed by atoms with Crippen molar-refractivity contribution in [2.75, 3.05) is 30.9 Å². The zero-order valence-electron chi connectivity index (χ0n) is 19.7. The van der Waals surface area contributed by atoms with Gasteiger partial charge in [-0.05, 0) is 42.3 Å². The summed E-state index contributed by atoms with van der Waals surface area (Å²) in [5, 5.41) is 5.31. The number of hydrogen-bond acceptors (Lipinski definition) is 8. The lowest BCUT2D eigenvalue weighted by Gasteiger charge is -2.25. The Morgan fingerprint density at radius 1 is 1.11 bits per heavy atom. The zero-order chi connectivity index (χ0) is 25.9. The predicted octanol–water partition coefficient (Wildman–Crippen LogP) is 2.91. The molecule has 0 atom stereocenters. The predicted molar refractivity (Wildman–Crippen MR) is 135 cm³/mol. The second kappa shape index (κ2) is 8.57. The number of benzene rings is 1. The number of sulfonamides is 1. The minimum atomic E-state index is -3.28. The Bertz CT molecular complexity index is 1760. The lowest BCUT2D eigenvalue weighted by atomic mass is 10.0. The zero-order valence-corrected chi connectivity index (χ0v) is 21.3. The van der Waals surface area contributed by atoms with Gasteiger partial charge in [-0.2, -0.15) is 9.40 Å². The minimum absolute atomic E-state index is 0.00464. The summed E-state index contributed by atoms with van der Waals surface area (Å²) in [5.74, 6) is 0.203. The second-order valence-electron chi connectivity index (χ2n) is 9.26. The molecule has 1 aromatic carbocycles. The fraction of sp³-hybridized carbons (Fsp3) is 0.292. The lowest BCUT2D eigenvalue weighted by Crippen LogP contribution is -2.38. The molecule has 6 rings (SSSR count). The Labute approximate surface area is 212 Å². The Kier molecular flexibility index (Phi) is 5.55. The Morgan fingerprint density at radius 2 is 1.86 bits per heavy atom. The van der Waals surface area contributed by atoms with Crippen molar-refractivity contribution in [1.29, 1.82) is 0 Å². The highest BCUT2D eigenvalue weighted by molar-refractivity contribution is 7.92. The molecule has 2 aliphatic rings. The van der Waals surface area contributed by atoms with Gasteiger partial charge in [0.05, 0.1) is 34.9 Å². The summed E-state index contributed by atoms with van der Waals surface area (Å²) in [6.07, 6.45) is 6.65. The van der Waals surface area contributed by atoms with Crippen LogP contribution in [0.4, 0.5) is 4.39 Å². The van der Waals surface area contributed by atoms with E-state index in [1.807, 2.05) is 12.1 Å². The molecule has 1 fully saturated rings. The van der Waals surface area contributed by atoms with Crippen LogP contribution in [0, 0.1) is 5.82 Å². The third-order valence-electron chi connectivity index (χ3n) is 6.66. The number of halogens is 1. The maximum absolute atomic E-state index is 13.6. The fourth-order valence-corrected chi connectivity index (χ4v) is 6.82. The molecule has 4 aromatic rings. The second-order valence-corrected chi connectivity index (χ2v) is 13.4. The third kappa shape index (κ3) is 4.47. The summed E-state index contributed by atoms with van der Waals surface area (Å²) in [6.45, 7) is 0.613. The van der Waals surface area contributed by atoms with Crippen molar-refractivity contribution in [3.63, 3.8) is 0 Å². The van der Waals surface area contributed by atoms with Crippen molar-refractivity contribution in [1.82, 2.24) is 24.1 Å². The topological polar surface area (TPSA) is 128 Å². The number of rotatable bonds is 5. The van der Waals surface area contributed by atoms with Crippen molar-refractivity contribution in [2.45, 2.75) is 12.5 Å². The van der Waals surface area contributed by atoms with E-state index in [2.05, 4.69) is 15.1 Å². The number of sulfone groups is 1. The lowest BCUT2D eigenvalue weighted by molar-refractivity contribution is 0.442. The molecule has 13 heteroatoms. The molecule has 0 N–H and O–H groups in total. The van der Waals surface area contributed by atoms with Crippen LogP contribution in [0.15, 0.2) is 53.3 Å². The molecule has 0 amide bonds. The average Bonchev–Trinajstić information content (AvgIpc) is 3.47. The van der Waals surface area contributed by atoms with Crippen LogP contribution in [0.5, 0.6) is 0 Å². The monoisotopic (exact) mass is 543 g/mol. The summed E-state index contributed by atoms with van der Waals surface area (Å²) in [4.78, 5) is 8.78. The molecule has 10 nitrogen and oxygen atoms in total. The highest BCUT2D eigenvalue weighted by atomic mass is 32.2. The maximum atomic E-state index is 13.6. The molecule has 0 radical (unpaired) electrons. The van der Waals surface area contributed by atoms with E-state index in [1.54, 1.807) is 23.0 Å². The molecule has 1 saturated heterocycles. The smallest absolute Gasteiger partial charge is 0.230 e. The molecule has 5 heterocycles. The normalized spacial score (nSPS) is 18.6. The first-order valence-corrected chi connectivity index (χ1v) is 15.2. The largest absolute Gasteiger partial charge is 0.438 e. The van der Waals surface area contributed by atoms with Crippen LogP contribution in [0.3, 0.4) is 0 Å². The Balaban J connectivity index is 1.44. The molecule has 0 aliphatic carbocycles. The fourth-order valence-electron chi connectivity index (χ4n) is 4.67. The van der Waals surface area contributed by atoms with E-state index in [0.29, 0.717) is 52.3 Å². The van der Waals surface area contributed by atoms with Crippen LogP contribution < -0.4 is 0 Å². The third-order valence-corrected chi connectivity index (χ3v) is 9.71. The van der Waals surface area contributed by atoms with Crippen LogP contribution in [0.1, 0.15) is 18.2 Å². The van der Waals surface area contributed by atoms with Gasteiger partial charge in [-0.25, -0.2) is 31.2 Å². The molecule has 0 spiro atoms. The molecule has 192 valence electrons. The summed E-state index contributed by atoms with van der Waals surface area (Å²) in [6, 6.07) is 7.44. The number of aromatic nitrogens is 4. The quantitative estimate of drug-likeness (QED) is 0.376. The molecule has 0 unspecified atom stereocenters. The van der Waals surface area contributed by atoms with Crippen LogP contribution in [0.25, 0.3) is 39.2 Å². The van der Waals surface area contributed by atoms with Gasteiger partial charge in [0.25, 0.3) is 0 Å². The number of fused-ring (bicyclic) bond motifs is 1. The first kappa shape index (κ1) is 23.9. The molecular formula is C24H22FN5O5S2. The standard InChI is InChI=1S/C24H22FN5O5S2/c1-36(31,32)29-8-6-15(7-9-29)21-10-19-23(26-14-27-24(19)35-21)20-11-30(18-12-37(33,34)13-18)28-22(20)16-2-4-17(25)5-3-16/h2-6,10-11,14,18H,7-9,12-13H2,1H3. The number of nitrogens with zero attached hydrogens (tertiary/aromatic N) is 5. The highest BCUT2D eigenvalue weighted by Crippen LogP contribution is 2.38. The van der Waals surface area contributed by atoms with Crippen molar-refractivity contribution >= 4 is 36.5 Å². The first-order chi connectivity index (χ1) is 17.6. The average molecular weight is 544 g/mol. The van der Waals surface area contributed by atoms with Gasteiger partial charge in [0.1, 0.15) is 23.6 Å². The molecule has 3 aromatic heterocycles. The molecule has 0 saturated carbocycles. The van der Waals surface area contributed by atoms with Gasteiger partial charge >= 0.3 is 0 Å². The van der Waals surface area contributed by atoms with Crippen molar-refractivity contribution < 1.29 is 25.6 Å². The van der Waals surface area contributed by atoms with Gasteiger partial charge in [0.2, 0.25) is 15.7 Å². The SMILES string of the molecule is CS(=O)(=O)N1CC=C(c2cc3c(-c4cn(C5CS(=O)(=O)C5)nc4-c4ccc(F)cc4)ncnc3o2)CC1. The van der Waals surface area contributed by atoms with Crippen molar-refractivity contribution in [2.24, 2.45) is 0 Å². The highest BCUT2D eigenvalue weighted by Gasteiger charge is 2.36. The molecule has 0 bridgehead atoms.